The second-order valence-corrected chi connectivity index (χ2v) is 6.37. The van der Waals surface area contributed by atoms with Crippen molar-refractivity contribution in [3.8, 4) is 0 Å². The molecule has 2 heterocycles. The molecule has 4 rings (SSSR count). The average molecular weight is 242 g/mol. The third-order valence-corrected chi connectivity index (χ3v) is 5.12. The van der Waals surface area contributed by atoms with Gasteiger partial charge in [0.25, 0.3) is 0 Å². The van der Waals surface area contributed by atoms with Crippen molar-refractivity contribution < 1.29 is 0 Å². The van der Waals surface area contributed by atoms with Gasteiger partial charge in [-0.05, 0) is 42.7 Å². The Kier molecular flexibility index (Phi) is 2.58. The van der Waals surface area contributed by atoms with Crippen molar-refractivity contribution in [3.63, 3.8) is 0 Å². The molecule has 0 radical (unpaired) electrons. The minimum Gasteiger partial charge on any atom is -0.380 e. The zero-order chi connectivity index (χ0) is 11.9. The quantitative estimate of drug-likeness (QED) is 0.858. The normalized spacial score (nSPS) is 34.3. The Morgan fingerprint density at radius 3 is 2.67 bits per heavy atom. The molecule has 1 aromatic carbocycles. The van der Waals surface area contributed by atoms with Crippen LogP contribution in [0.5, 0.6) is 0 Å². The van der Waals surface area contributed by atoms with Gasteiger partial charge in [0, 0.05) is 31.4 Å². The van der Waals surface area contributed by atoms with Crippen LogP contribution in [0.1, 0.15) is 24.8 Å². The summed E-state index contributed by atoms with van der Waals surface area (Å²) in [6.07, 6.45) is 5.66. The van der Waals surface area contributed by atoms with Crippen molar-refractivity contribution in [2.45, 2.75) is 31.7 Å². The maximum atomic E-state index is 3.69. The molecule has 0 amide bonds. The Balaban J connectivity index is 1.38. The predicted octanol–water partition coefficient (Wildman–Crippen LogP) is 2.76. The van der Waals surface area contributed by atoms with Crippen LogP contribution in [0.15, 0.2) is 24.3 Å². The second kappa shape index (κ2) is 4.27. The maximum absolute atomic E-state index is 3.69. The van der Waals surface area contributed by atoms with Gasteiger partial charge in [0.15, 0.2) is 0 Å². The lowest BCUT2D eigenvalue weighted by atomic mass is 10.0. The fourth-order valence-corrected chi connectivity index (χ4v) is 4.28. The van der Waals surface area contributed by atoms with Crippen LogP contribution < -0.4 is 5.32 Å². The standard InChI is InChI=1S/C16H22N2/c1-2-7-16-12(4-1)8-15(17-16)11-18-9-13-5-3-6-14(13)10-18/h1-2,4,7,13-15,17H,3,5-6,8-11H2. The Hall–Kier alpha value is -1.02. The highest BCUT2D eigenvalue weighted by atomic mass is 15.2. The second-order valence-electron chi connectivity index (χ2n) is 6.37. The molecule has 3 unspecified atom stereocenters. The van der Waals surface area contributed by atoms with Gasteiger partial charge in [0.05, 0.1) is 0 Å². The Labute approximate surface area is 109 Å². The van der Waals surface area contributed by atoms with Crippen LogP contribution in [-0.4, -0.2) is 30.6 Å². The van der Waals surface area contributed by atoms with E-state index in [0.717, 1.165) is 11.8 Å². The van der Waals surface area contributed by atoms with Crippen LogP contribution in [0.3, 0.4) is 0 Å². The van der Waals surface area contributed by atoms with Crippen LogP contribution in [-0.2, 0) is 6.42 Å². The van der Waals surface area contributed by atoms with Crippen LogP contribution in [0.25, 0.3) is 0 Å². The minimum absolute atomic E-state index is 0.640. The molecule has 1 aliphatic carbocycles. The molecule has 1 saturated carbocycles. The largest absolute Gasteiger partial charge is 0.380 e. The lowest BCUT2D eigenvalue weighted by Crippen LogP contribution is -2.34. The van der Waals surface area contributed by atoms with Crippen molar-refractivity contribution in [1.82, 2.24) is 4.90 Å². The SMILES string of the molecule is c1ccc2c(c1)CC(CN1CC3CCCC3C1)N2. The van der Waals surface area contributed by atoms with E-state index in [9.17, 15) is 0 Å². The monoisotopic (exact) mass is 242 g/mol. The molecule has 18 heavy (non-hydrogen) atoms. The average Bonchev–Trinajstić information content (AvgIpc) is 3.01. The van der Waals surface area contributed by atoms with Gasteiger partial charge < -0.3 is 10.2 Å². The molecule has 0 spiro atoms. The van der Waals surface area contributed by atoms with Gasteiger partial charge in [-0.25, -0.2) is 0 Å². The predicted molar refractivity (Wildman–Crippen MR) is 74.8 cm³/mol. The summed E-state index contributed by atoms with van der Waals surface area (Å²) in [4.78, 5) is 2.71. The Bertz CT molecular complexity index is 405. The van der Waals surface area contributed by atoms with Gasteiger partial charge in [-0.1, -0.05) is 24.6 Å². The number of rotatable bonds is 2. The number of anilines is 1. The lowest BCUT2D eigenvalue weighted by molar-refractivity contribution is 0.298. The van der Waals surface area contributed by atoms with Crippen molar-refractivity contribution >= 4 is 5.69 Å². The van der Waals surface area contributed by atoms with Crippen molar-refractivity contribution in [1.29, 1.82) is 0 Å². The van der Waals surface area contributed by atoms with E-state index in [-0.39, 0.29) is 0 Å². The zero-order valence-corrected chi connectivity index (χ0v) is 10.9. The van der Waals surface area contributed by atoms with E-state index >= 15 is 0 Å². The van der Waals surface area contributed by atoms with Gasteiger partial charge >= 0.3 is 0 Å². The number of hydrogen-bond donors (Lipinski definition) is 1. The van der Waals surface area contributed by atoms with Gasteiger partial charge in [0.2, 0.25) is 0 Å². The molecule has 3 aliphatic rings. The summed E-state index contributed by atoms with van der Waals surface area (Å²) in [6, 6.07) is 9.41. The van der Waals surface area contributed by atoms with E-state index in [1.54, 1.807) is 0 Å². The van der Waals surface area contributed by atoms with E-state index in [0.29, 0.717) is 6.04 Å². The third kappa shape index (κ3) is 1.83. The third-order valence-electron chi connectivity index (χ3n) is 5.12. The topological polar surface area (TPSA) is 15.3 Å². The molecule has 0 aromatic heterocycles. The first-order valence-electron chi connectivity index (χ1n) is 7.45. The molecule has 1 N–H and O–H groups in total. The number of likely N-dealkylation sites (tertiary alicyclic amines) is 1. The fraction of sp³-hybridized carbons (Fsp3) is 0.625. The first-order valence-corrected chi connectivity index (χ1v) is 7.45. The highest BCUT2D eigenvalue weighted by Crippen LogP contribution is 2.38. The van der Waals surface area contributed by atoms with Crippen molar-refractivity contribution in [2.24, 2.45) is 11.8 Å². The summed E-state index contributed by atoms with van der Waals surface area (Å²) < 4.78 is 0. The summed E-state index contributed by atoms with van der Waals surface area (Å²) >= 11 is 0. The maximum Gasteiger partial charge on any atom is 0.0429 e. The van der Waals surface area contributed by atoms with Crippen LogP contribution >= 0.6 is 0 Å². The number of nitrogens with zero attached hydrogens (tertiary/aromatic N) is 1. The first-order chi connectivity index (χ1) is 8.88. The van der Waals surface area contributed by atoms with Crippen LogP contribution in [0, 0.1) is 11.8 Å². The molecule has 1 saturated heterocycles. The first kappa shape index (κ1) is 10.9. The molecule has 2 aliphatic heterocycles. The van der Waals surface area contributed by atoms with Crippen molar-refractivity contribution in [2.75, 3.05) is 25.0 Å². The number of nitrogens with one attached hydrogen (secondary N) is 1. The molecular weight excluding hydrogens is 220 g/mol. The van der Waals surface area contributed by atoms with Crippen LogP contribution in [0.2, 0.25) is 0 Å². The van der Waals surface area contributed by atoms with Gasteiger partial charge in [-0.15, -0.1) is 0 Å². The van der Waals surface area contributed by atoms with Gasteiger partial charge in [0.1, 0.15) is 0 Å². The zero-order valence-electron chi connectivity index (χ0n) is 10.9. The van der Waals surface area contributed by atoms with E-state index in [4.69, 9.17) is 0 Å². The summed E-state index contributed by atoms with van der Waals surface area (Å²) in [5.74, 6) is 2.04. The van der Waals surface area contributed by atoms with Gasteiger partial charge in [-0.3, -0.25) is 0 Å². The molecule has 0 bridgehead atoms. The summed E-state index contributed by atoms with van der Waals surface area (Å²) in [6.45, 7) is 3.96. The van der Waals surface area contributed by atoms with Gasteiger partial charge in [-0.2, -0.15) is 0 Å². The fourth-order valence-electron chi connectivity index (χ4n) is 4.28. The molecule has 2 nitrogen and oxygen atoms in total. The highest BCUT2D eigenvalue weighted by Gasteiger charge is 2.37. The molecule has 3 atom stereocenters. The highest BCUT2D eigenvalue weighted by molar-refractivity contribution is 5.56. The molecule has 1 aromatic rings. The summed E-state index contributed by atoms with van der Waals surface area (Å²) in [7, 11) is 0. The molecule has 2 heteroatoms. The molecule has 96 valence electrons. The number of para-hydroxylation sites is 1. The van der Waals surface area contributed by atoms with Crippen LogP contribution in [0.4, 0.5) is 5.69 Å². The van der Waals surface area contributed by atoms with E-state index in [2.05, 4.69) is 34.5 Å². The molecular formula is C16H22N2. The summed E-state index contributed by atoms with van der Waals surface area (Å²) in [5, 5.41) is 3.69. The van der Waals surface area contributed by atoms with E-state index in [1.807, 2.05) is 0 Å². The number of benzene rings is 1. The Morgan fingerprint density at radius 2 is 1.89 bits per heavy atom. The Morgan fingerprint density at radius 1 is 1.11 bits per heavy atom. The lowest BCUT2D eigenvalue weighted by Gasteiger charge is -2.21. The smallest absolute Gasteiger partial charge is 0.0429 e. The molecule has 2 fully saturated rings. The summed E-state index contributed by atoms with van der Waals surface area (Å²) in [5.41, 5.74) is 2.86. The van der Waals surface area contributed by atoms with E-state index < -0.39 is 0 Å². The minimum atomic E-state index is 0.640. The van der Waals surface area contributed by atoms with E-state index in [1.165, 1.54) is 56.6 Å². The number of fused-ring (bicyclic) bond motifs is 2. The van der Waals surface area contributed by atoms with Crippen molar-refractivity contribution in [3.05, 3.63) is 29.8 Å². The number of hydrogen-bond acceptors (Lipinski definition) is 2.